The van der Waals surface area contributed by atoms with E-state index in [1.807, 2.05) is 6.92 Å². The van der Waals surface area contributed by atoms with Crippen LogP contribution in [0, 0.1) is 11.8 Å². The van der Waals surface area contributed by atoms with Crippen LogP contribution in [0.25, 0.3) is 0 Å². The SMILES string of the molecule is C[C@@H]1CCCCO[C@H](CN(C)CC2CC2)[C@@H](C)CN([C@H](C)CO)C(=O)c2cc(NS(=O)(=O)c3cn(C)cn3)ccc2O1. The molecule has 12 heteroatoms. The third kappa shape index (κ3) is 8.68. The Morgan fingerprint density at radius 3 is 2.62 bits per heavy atom. The van der Waals surface area contributed by atoms with Gasteiger partial charge in [-0.1, -0.05) is 6.92 Å². The molecular formula is C30H47N5O6S. The molecule has 2 aromatic rings. The van der Waals surface area contributed by atoms with Gasteiger partial charge in [-0.2, -0.15) is 8.42 Å². The van der Waals surface area contributed by atoms with Crippen molar-refractivity contribution in [3.63, 3.8) is 0 Å². The molecule has 1 saturated carbocycles. The minimum atomic E-state index is -3.97. The lowest BCUT2D eigenvalue weighted by molar-refractivity contribution is -0.0172. The number of aliphatic hydroxyl groups excluding tert-OH is 1. The number of benzene rings is 1. The molecule has 2 aliphatic rings. The highest BCUT2D eigenvalue weighted by atomic mass is 32.2. The van der Waals surface area contributed by atoms with Crippen LogP contribution >= 0.6 is 0 Å². The molecule has 11 nitrogen and oxygen atoms in total. The highest BCUT2D eigenvalue weighted by Crippen LogP contribution is 2.31. The number of aromatic nitrogens is 2. The van der Waals surface area contributed by atoms with Gasteiger partial charge in [-0.15, -0.1) is 0 Å². The standard InChI is InChI=1S/C30H47N5O6S/c1-21-15-35(22(2)19-36)30(37)26-14-25(32-42(38,39)29-18-34(5)20-31-29)11-12-27(26)41-23(3)8-6-7-13-40-28(21)17-33(4)16-24-9-10-24/h11-12,14,18,20-24,28,32,36H,6-10,13,15-17,19H2,1-5H3/t21-,22+,23+,28+/m0/s1. The second kappa shape index (κ2) is 14.2. The third-order valence-corrected chi connectivity index (χ3v) is 9.28. The van der Waals surface area contributed by atoms with Gasteiger partial charge in [-0.25, -0.2) is 4.98 Å². The topological polar surface area (TPSA) is 126 Å². The number of carbonyl (C=O) groups excluding carboxylic acids is 1. The minimum absolute atomic E-state index is 0.0123. The molecule has 0 unspecified atom stereocenters. The van der Waals surface area contributed by atoms with Gasteiger partial charge in [0, 0.05) is 51.1 Å². The summed E-state index contributed by atoms with van der Waals surface area (Å²) in [5, 5.41) is 10.0. The maximum Gasteiger partial charge on any atom is 0.280 e. The number of aliphatic hydroxyl groups is 1. The molecule has 0 spiro atoms. The Balaban J connectivity index is 1.65. The molecule has 1 amide bonds. The number of rotatable bonds is 9. The number of aryl methyl sites for hydroxylation is 1. The Morgan fingerprint density at radius 1 is 1.19 bits per heavy atom. The molecule has 1 aliphatic carbocycles. The summed E-state index contributed by atoms with van der Waals surface area (Å²) in [6.07, 6.45) is 7.73. The van der Waals surface area contributed by atoms with Crippen molar-refractivity contribution in [1.82, 2.24) is 19.4 Å². The molecule has 4 atom stereocenters. The zero-order chi connectivity index (χ0) is 30.4. The van der Waals surface area contributed by atoms with Gasteiger partial charge in [-0.05, 0) is 77.1 Å². The molecule has 0 saturated heterocycles. The zero-order valence-corrected chi connectivity index (χ0v) is 26.3. The number of likely N-dealkylation sites (N-methyl/N-ethyl adjacent to an activating group) is 1. The van der Waals surface area contributed by atoms with E-state index in [1.165, 1.54) is 31.4 Å². The van der Waals surface area contributed by atoms with E-state index in [4.69, 9.17) is 9.47 Å². The number of nitrogens with one attached hydrogen (secondary N) is 1. The zero-order valence-electron chi connectivity index (χ0n) is 25.5. The summed E-state index contributed by atoms with van der Waals surface area (Å²) >= 11 is 0. The van der Waals surface area contributed by atoms with Gasteiger partial charge in [0.05, 0.1) is 36.7 Å². The van der Waals surface area contributed by atoms with E-state index in [0.29, 0.717) is 18.9 Å². The summed E-state index contributed by atoms with van der Waals surface area (Å²) in [6.45, 7) is 8.45. The number of sulfonamides is 1. The molecule has 42 heavy (non-hydrogen) atoms. The molecule has 1 aromatic carbocycles. The number of ether oxygens (including phenoxy) is 2. The first-order valence-corrected chi connectivity index (χ1v) is 16.5. The second-order valence-corrected chi connectivity index (χ2v) is 13.8. The van der Waals surface area contributed by atoms with Gasteiger partial charge in [0.2, 0.25) is 0 Å². The fourth-order valence-corrected chi connectivity index (χ4v) is 6.34. The van der Waals surface area contributed by atoms with Crippen LogP contribution in [0.2, 0.25) is 0 Å². The lowest BCUT2D eigenvalue weighted by atomic mass is 10.0. The Labute approximate surface area is 250 Å². The highest BCUT2D eigenvalue weighted by Gasteiger charge is 2.31. The van der Waals surface area contributed by atoms with Crippen LogP contribution in [0.5, 0.6) is 5.75 Å². The van der Waals surface area contributed by atoms with Gasteiger partial charge in [0.25, 0.3) is 15.9 Å². The fraction of sp³-hybridized carbons (Fsp3) is 0.667. The Kier molecular flexibility index (Phi) is 10.9. The smallest absolute Gasteiger partial charge is 0.280 e. The van der Waals surface area contributed by atoms with E-state index < -0.39 is 16.1 Å². The first kappa shape index (κ1) is 32.2. The predicted molar refractivity (Wildman–Crippen MR) is 161 cm³/mol. The third-order valence-electron chi connectivity index (χ3n) is 8.02. The van der Waals surface area contributed by atoms with Gasteiger partial charge < -0.3 is 28.9 Å². The van der Waals surface area contributed by atoms with Crippen molar-refractivity contribution in [1.29, 1.82) is 0 Å². The van der Waals surface area contributed by atoms with Gasteiger partial charge in [0.15, 0.2) is 5.03 Å². The summed E-state index contributed by atoms with van der Waals surface area (Å²) in [4.78, 5) is 22.2. The van der Waals surface area contributed by atoms with Crippen molar-refractivity contribution < 1.29 is 27.8 Å². The number of carbonyl (C=O) groups is 1. The van der Waals surface area contributed by atoms with Crippen molar-refractivity contribution in [2.24, 2.45) is 18.9 Å². The summed E-state index contributed by atoms with van der Waals surface area (Å²) < 4.78 is 42.7. The Morgan fingerprint density at radius 2 is 1.95 bits per heavy atom. The molecule has 4 rings (SSSR count). The lowest BCUT2D eigenvalue weighted by Crippen LogP contribution is -2.47. The van der Waals surface area contributed by atoms with E-state index in [-0.39, 0.29) is 46.9 Å². The molecule has 0 radical (unpaired) electrons. The average Bonchev–Trinajstić information content (AvgIpc) is 3.64. The van der Waals surface area contributed by atoms with Crippen molar-refractivity contribution in [2.45, 2.75) is 76.2 Å². The van der Waals surface area contributed by atoms with Crippen molar-refractivity contribution in [2.75, 3.05) is 44.6 Å². The average molecular weight is 606 g/mol. The van der Waals surface area contributed by atoms with Gasteiger partial charge >= 0.3 is 0 Å². The van der Waals surface area contributed by atoms with E-state index in [9.17, 15) is 18.3 Å². The summed E-state index contributed by atoms with van der Waals surface area (Å²) in [7, 11) is -0.156. The van der Waals surface area contributed by atoms with Crippen LogP contribution < -0.4 is 9.46 Å². The van der Waals surface area contributed by atoms with E-state index in [0.717, 1.165) is 38.3 Å². The summed E-state index contributed by atoms with van der Waals surface area (Å²) in [5.41, 5.74) is 0.452. The fourth-order valence-electron chi connectivity index (χ4n) is 5.31. The monoisotopic (exact) mass is 605 g/mol. The predicted octanol–water partition coefficient (Wildman–Crippen LogP) is 3.36. The molecule has 1 aromatic heterocycles. The maximum absolute atomic E-state index is 14.2. The number of amides is 1. The van der Waals surface area contributed by atoms with E-state index in [1.54, 1.807) is 35.6 Å². The maximum atomic E-state index is 14.2. The Hall–Kier alpha value is -2.67. The first-order valence-electron chi connectivity index (χ1n) is 15.0. The van der Waals surface area contributed by atoms with Gasteiger partial charge in [-0.3, -0.25) is 9.52 Å². The molecular weight excluding hydrogens is 558 g/mol. The normalized spacial score (nSPS) is 23.6. The van der Waals surface area contributed by atoms with Crippen LogP contribution in [0.4, 0.5) is 5.69 Å². The molecule has 1 fully saturated rings. The summed E-state index contributed by atoms with van der Waals surface area (Å²) in [5.74, 6) is 0.789. The number of imidazole rings is 1. The minimum Gasteiger partial charge on any atom is -0.490 e. The van der Waals surface area contributed by atoms with Crippen LogP contribution in [0.3, 0.4) is 0 Å². The lowest BCUT2D eigenvalue weighted by Gasteiger charge is -2.36. The quantitative estimate of drug-likeness (QED) is 0.446. The van der Waals surface area contributed by atoms with E-state index in [2.05, 4.69) is 28.6 Å². The molecule has 234 valence electrons. The number of nitrogens with zero attached hydrogens (tertiary/aromatic N) is 4. The van der Waals surface area contributed by atoms with Crippen LogP contribution in [-0.4, -0.2) is 96.9 Å². The molecule has 2 N–H and O–H groups in total. The second-order valence-electron chi connectivity index (χ2n) is 12.2. The number of fused-ring (bicyclic) bond motifs is 1. The van der Waals surface area contributed by atoms with Crippen LogP contribution in [0.15, 0.2) is 35.7 Å². The number of hydrogen-bond acceptors (Lipinski definition) is 8. The summed E-state index contributed by atoms with van der Waals surface area (Å²) in [6, 6.07) is 4.26. The van der Waals surface area contributed by atoms with Gasteiger partial charge in [0.1, 0.15) is 5.75 Å². The highest BCUT2D eigenvalue weighted by molar-refractivity contribution is 7.92. The first-order chi connectivity index (χ1) is 20.0. The molecule has 1 aliphatic heterocycles. The van der Waals surface area contributed by atoms with Crippen molar-refractivity contribution >= 4 is 21.6 Å². The van der Waals surface area contributed by atoms with Crippen molar-refractivity contribution in [3.05, 3.63) is 36.3 Å². The van der Waals surface area contributed by atoms with Crippen molar-refractivity contribution in [3.8, 4) is 5.75 Å². The molecule has 0 bridgehead atoms. The largest absolute Gasteiger partial charge is 0.490 e. The molecule has 2 heterocycles. The Bertz CT molecular complexity index is 1300. The van der Waals surface area contributed by atoms with E-state index >= 15 is 0 Å². The number of hydrogen-bond donors (Lipinski definition) is 2. The van der Waals surface area contributed by atoms with Crippen LogP contribution in [0.1, 0.15) is 63.2 Å². The van der Waals surface area contributed by atoms with Crippen LogP contribution in [-0.2, 0) is 21.8 Å². The number of anilines is 1.